The van der Waals surface area contributed by atoms with Crippen molar-refractivity contribution in [2.45, 2.75) is 6.54 Å². The Hall–Kier alpha value is -2.63. The van der Waals surface area contributed by atoms with Crippen LogP contribution in [0.15, 0.2) is 47.8 Å². The van der Waals surface area contributed by atoms with Crippen molar-refractivity contribution in [3.8, 4) is 0 Å². The van der Waals surface area contributed by atoms with E-state index in [1.54, 1.807) is 6.07 Å². The van der Waals surface area contributed by atoms with Gasteiger partial charge in [0.2, 0.25) is 0 Å². The van der Waals surface area contributed by atoms with Crippen molar-refractivity contribution in [2.24, 2.45) is 0 Å². The summed E-state index contributed by atoms with van der Waals surface area (Å²) in [6.07, 6.45) is 4.19. The van der Waals surface area contributed by atoms with Gasteiger partial charge in [0.1, 0.15) is 11.6 Å². The van der Waals surface area contributed by atoms with Crippen molar-refractivity contribution in [2.75, 3.05) is 0 Å². The van der Waals surface area contributed by atoms with E-state index in [4.69, 9.17) is 0 Å². The largest absolute Gasteiger partial charge is 0.294 e. The number of aromatic nitrogens is 3. The van der Waals surface area contributed by atoms with Crippen LogP contribution >= 0.6 is 0 Å². The molecule has 0 aliphatic carbocycles. The molecule has 0 atom stereocenters. The molecule has 6 heteroatoms. The molecule has 0 saturated carbocycles. The van der Waals surface area contributed by atoms with Crippen LogP contribution in [-0.2, 0) is 6.54 Å². The Bertz CT molecular complexity index is 825. The van der Waals surface area contributed by atoms with Crippen LogP contribution in [0.3, 0.4) is 0 Å². The second-order valence-corrected chi connectivity index (χ2v) is 4.27. The lowest BCUT2D eigenvalue weighted by atomic mass is 10.2. The fourth-order valence-corrected chi connectivity index (χ4v) is 1.97. The van der Waals surface area contributed by atoms with E-state index >= 15 is 0 Å². The fourth-order valence-electron chi connectivity index (χ4n) is 1.97. The third-order valence-electron chi connectivity index (χ3n) is 3.02. The molecule has 2 heterocycles. The van der Waals surface area contributed by atoms with Gasteiger partial charge >= 0.3 is 0 Å². The molecule has 0 spiro atoms. The first kappa shape index (κ1) is 12.4. The molecule has 0 radical (unpaired) electrons. The number of benzene rings is 1. The molecule has 0 unspecified atom stereocenters. The van der Waals surface area contributed by atoms with Crippen LogP contribution in [0.25, 0.3) is 10.9 Å². The van der Waals surface area contributed by atoms with Crippen molar-refractivity contribution in [3.63, 3.8) is 0 Å². The highest BCUT2D eigenvalue weighted by atomic mass is 19.1. The third-order valence-corrected chi connectivity index (χ3v) is 3.02. The van der Waals surface area contributed by atoms with Crippen LogP contribution in [0.5, 0.6) is 0 Å². The lowest BCUT2D eigenvalue weighted by molar-refractivity contribution is 0.541. The van der Waals surface area contributed by atoms with E-state index in [1.807, 2.05) is 0 Å². The van der Waals surface area contributed by atoms with Gasteiger partial charge in [-0.25, -0.2) is 13.8 Å². The topological polar surface area (TPSA) is 47.8 Å². The zero-order chi connectivity index (χ0) is 14.1. The van der Waals surface area contributed by atoms with Crippen molar-refractivity contribution >= 4 is 10.9 Å². The maximum Gasteiger partial charge on any atom is 0.263 e. The SMILES string of the molecule is O=c1c2cnccc2ncn1Cc1c(F)cccc1F. The second kappa shape index (κ2) is 4.80. The van der Waals surface area contributed by atoms with Gasteiger partial charge < -0.3 is 0 Å². The minimum absolute atomic E-state index is 0.167. The second-order valence-electron chi connectivity index (χ2n) is 4.27. The van der Waals surface area contributed by atoms with Gasteiger partial charge in [-0.15, -0.1) is 0 Å². The summed E-state index contributed by atoms with van der Waals surface area (Å²) in [7, 11) is 0. The normalized spacial score (nSPS) is 10.9. The average molecular weight is 273 g/mol. The number of nitrogens with zero attached hydrogens (tertiary/aromatic N) is 3. The van der Waals surface area contributed by atoms with Crippen LogP contribution < -0.4 is 5.56 Å². The summed E-state index contributed by atoms with van der Waals surface area (Å²) in [6.45, 7) is -0.213. The molecule has 1 aromatic carbocycles. The molecule has 3 aromatic rings. The molecule has 20 heavy (non-hydrogen) atoms. The molecule has 0 saturated heterocycles. The molecule has 0 aliphatic rings. The Balaban J connectivity index is 2.12. The van der Waals surface area contributed by atoms with Crippen molar-refractivity contribution in [1.29, 1.82) is 0 Å². The predicted molar refractivity (Wildman–Crippen MR) is 69.3 cm³/mol. The standard InChI is InChI=1S/C14H9F2N3O/c15-11-2-1-3-12(16)10(11)7-19-8-18-13-4-5-17-6-9(13)14(19)20/h1-6,8H,7H2. The van der Waals surface area contributed by atoms with Crippen LogP contribution in [0.4, 0.5) is 8.78 Å². The summed E-state index contributed by atoms with van der Waals surface area (Å²) in [5.41, 5.74) is -0.0550. The van der Waals surface area contributed by atoms with Gasteiger partial charge in [0, 0.05) is 18.0 Å². The molecule has 0 aliphatic heterocycles. The number of halogens is 2. The maximum absolute atomic E-state index is 13.6. The van der Waals surface area contributed by atoms with Gasteiger partial charge in [-0.05, 0) is 18.2 Å². The van der Waals surface area contributed by atoms with E-state index in [0.29, 0.717) is 10.9 Å². The Morgan fingerprint density at radius 1 is 1.15 bits per heavy atom. The smallest absolute Gasteiger partial charge is 0.263 e. The van der Waals surface area contributed by atoms with E-state index in [0.717, 1.165) is 16.7 Å². The summed E-state index contributed by atoms with van der Waals surface area (Å²) in [5.74, 6) is -1.38. The van der Waals surface area contributed by atoms with E-state index in [9.17, 15) is 13.6 Å². The first-order chi connectivity index (χ1) is 9.66. The Morgan fingerprint density at radius 3 is 2.65 bits per heavy atom. The minimum atomic E-state index is -0.691. The van der Waals surface area contributed by atoms with Gasteiger partial charge in [0.05, 0.1) is 23.8 Å². The quantitative estimate of drug-likeness (QED) is 0.718. The number of hydrogen-bond acceptors (Lipinski definition) is 3. The molecular weight excluding hydrogens is 264 g/mol. The van der Waals surface area contributed by atoms with Gasteiger partial charge in [-0.1, -0.05) is 6.07 Å². The maximum atomic E-state index is 13.6. The minimum Gasteiger partial charge on any atom is -0.294 e. The lowest BCUT2D eigenvalue weighted by Gasteiger charge is -2.08. The van der Waals surface area contributed by atoms with Crippen molar-refractivity contribution in [3.05, 3.63) is 70.5 Å². The van der Waals surface area contributed by atoms with E-state index in [-0.39, 0.29) is 17.7 Å². The number of fused-ring (bicyclic) bond motifs is 1. The average Bonchev–Trinajstić information content (AvgIpc) is 2.45. The first-order valence-corrected chi connectivity index (χ1v) is 5.89. The summed E-state index contributed by atoms with van der Waals surface area (Å²) >= 11 is 0. The fraction of sp³-hybridized carbons (Fsp3) is 0.0714. The third kappa shape index (κ3) is 2.05. The molecule has 4 nitrogen and oxygen atoms in total. The summed E-state index contributed by atoms with van der Waals surface area (Å²) in [6, 6.07) is 5.18. The van der Waals surface area contributed by atoms with Gasteiger partial charge in [-0.3, -0.25) is 14.3 Å². The summed E-state index contributed by atoms with van der Waals surface area (Å²) in [5, 5.41) is 0.312. The van der Waals surface area contributed by atoms with Gasteiger partial charge in [-0.2, -0.15) is 0 Å². The molecule has 100 valence electrons. The van der Waals surface area contributed by atoms with Gasteiger partial charge in [0.25, 0.3) is 5.56 Å². The van der Waals surface area contributed by atoms with E-state index in [1.165, 1.54) is 24.8 Å². The molecule has 0 bridgehead atoms. The predicted octanol–water partition coefficient (Wildman–Crippen LogP) is 2.12. The molecule has 3 rings (SSSR count). The summed E-state index contributed by atoms with van der Waals surface area (Å²) < 4.78 is 28.3. The highest BCUT2D eigenvalue weighted by molar-refractivity contribution is 5.75. The zero-order valence-electron chi connectivity index (χ0n) is 10.3. The number of rotatable bonds is 2. The molecule has 0 fully saturated rings. The lowest BCUT2D eigenvalue weighted by Crippen LogP contribution is -2.22. The van der Waals surface area contributed by atoms with Crippen LogP contribution in [-0.4, -0.2) is 14.5 Å². The summed E-state index contributed by atoms with van der Waals surface area (Å²) in [4.78, 5) is 20.1. The van der Waals surface area contributed by atoms with E-state index < -0.39 is 11.6 Å². The highest BCUT2D eigenvalue weighted by Gasteiger charge is 2.11. The molecular formula is C14H9F2N3O. The van der Waals surface area contributed by atoms with E-state index in [2.05, 4.69) is 9.97 Å². The molecule has 0 N–H and O–H groups in total. The van der Waals surface area contributed by atoms with Crippen LogP contribution in [0, 0.1) is 11.6 Å². The highest BCUT2D eigenvalue weighted by Crippen LogP contribution is 2.13. The number of hydrogen-bond donors (Lipinski definition) is 0. The van der Waals surface area contributed by atoms with Crippen molar-refractivity contribution < 1.29 is 8.78 Å². The van der Waals surface area contributed by atoms with Crippen LogP contribution in [0.1, 0.15) is 5.56 Å². The Labute approximate surface area is 112 Å². The number of pyridine rings is 1. The monoisotopic (exact) mass is 273 g/mol. The molecule has 0 amide bonds. The Kier molecular flexibility index (Phi) is 2.98. The zero-order valence-corrected chi connectivity index (χ0v) is 10.3. The molecule has 2 aromatic heterocycles. The van der Waals surface area contributed by atoms with Crippen LogP contribution in [0.2, 0.25) is 0 Å². The van der Waals surface area contributed by atoms with Crippen molar-refractivity contribution in [1.82, 2.24) is 14.5 Å². The Morgan fingerprint density at radius 2 is 1.90 bits per heavy atom. The van der Waals surface area contributed by atoms with Gasteiger partial charge in [0.15, 0.2) is 0 Å². The first-order valence-electron chi connectivity index (χ1n) is 5.89.